The van der Waals surface area contributed by atoms with E-state index < -0.39 is 5.97 Å². The quantitative estimate of drug-likeness (QED) is 0.798. The molecule has 0 atom stereocenters. The molecule has 110 valence electrons. The van der Waals surface area contributed by atoms with Gasteiger partial charge in [0.1, 0.15) is 10.8 Å². The second-order valence-electron chi connectivity index (χ2n) is 5.11. The van der Waals surface area contributed by atoms with E-state index in [4.69, 9.17) is 28.3 Å². The summed E-state index contributed by atoms with van der Waals surface area (Å²) in [4.78, 5) is 25.4. The molecule has 1 fully saturated rings. The van der Waals surface area contributed by atoms with Crippen LogP contribution in [0.1, 0.15) is 36.2 Å². The molecule has 0 bridgehead atoms. The Morgan fingerprint density at radius 2 is 1.95 bits per heavy atom. The number of carboxylic acids is 1. The highest BCUT2D eigenvalue weighted by Gasteiger charge is 2.26. The van der Waals surface area contributed by atoms with Crippen molar-refractivity contribution in [3.05, 3.63) is 21.9 Å². The maximum atomic E-state index is 11.9. The third-order valence-electron chi connectivity index (χ3n) is 3.72. The highest BCUT2D eigenvalue weighted by Crippen LogP contribution is 2.28. The van der Waals surface area contributed by atoms with Crippen molar-refractivity contribution < 1.29 is 14.7 Å². The van der Waals surface area contributed by atoms with Gasteiger partial charge in [0.05, 0.1) is 10.9 Å². The van der Waals surface area contributed by atoms with Crippen LogP contribution in [0.25, 0.3) is 0 Å². The molecule has 20 heavy (non-hydrogen) atoms. The number of carbonyl (C=O) groups excluding carboxylic acids is 1. The van der Waals surface area contributed by atoms with Crippen LogP contribution in [0, 0.1) is 11.8 Å². The lowest BCUT2D eigenvalue weighted by molar-refractivity contribution is -0.143. The largest absolute Gasteiger partial charge is 0.481 e. The topological polar surface area (TPSA) is 82.2 Å². The molecule has 5 nitrogen and oxygen atoms in total. The first-order valence-electron chi connectivity index (χ1n) is 6.52. The van der Waals surface area contributed by atoms with Gasteiger partial charge in [0, 0.05) is 6.54 Å². The number of H-pyrrole nitrogens is 1. The van der Waals surface area contributed by atoms with Gasteiger partial charge in [0.2, 0.25) is 0 Å². The number of halogens is 2. The average molecular weight is 319 g/mol. The fourth-order valence-electron chi connectivity index (χ4n) is 2.47. The zero-order valence-corrected chi connectivity index (χ0v) is 12.3. The number of aromatic amines is 1. The molecule has 1 aliphatic carbocycles. The van der Waals surface area contributed by atoms with Crippen LogP contribution in [0.15, 0.2) is 6.07 Å². The van der Waals surface area contributed by atoms with Crippen molar-refractivity contribution in [1.29, 1.82) is 0 Å². The van der Waals surface area contributed by atoms with Crippen molar-refractivity contribution >= 4 is 35.1 Å². The molecule has 7 heteroatoms. The number of carboxylic acid groups (broad SMARTS) is 1. The minimum atomic E-state index is -0.719. The van der Waals surface area contributed by atoms with Crippen LogP contribution < -0.4 is 5.32 Å². The normalized spacial score (nSPS) is 22.5. The molecule has 3 N–H and O–H groups in total. The lowest BCUT2D eigenvalue weighted by Crippen LogP contribution is -2.32. The van der Waals surface area contributed by atoms with Crippen molar-refractivity contribution in [2.24, 2.45) is 11.8 Å². The molecule has 0 spiro atoms. The molecule has 0 saturated heterocycles. The van der Waals surface area contributed by atoms with E-state index in [1.54, 1.807) is 0 Å². The van der Waals surface area contributed by atoms with Gasteiger partial charge in [-0.1, -0.05) is 23.2 Å². The number of amides is 1. The van der Waals surface area contributed by atoms with Gasteiger partial charge in [-0.15, -0.1) is 0 Å². The Labute approximate surface area is 126 Å². The van der Waals surface area contributed by atoms with E-state index >= 15 is 0 Å². The van der Waals surface area contributed by atoms with E-state index in [1.807, 2.05) is 0 Å². The molecular formula is C13H16Cl2N2O3. The first-order chi connectivity index (χ1) is 9.47. The Bertz CT molecular complexity index is 488. The molecule has 0 unspecified atom stereocenters. The molecule has 2 rings (SSSR count). The Morgan fingerprint density at radius 3 is 2.45 bits per heavy atom. The van der Waals surface area contributed by atoms with Gasteiger partial charge >= 0.3 is 5.97 Å². The van der Waals surface area contributed by atoms with Crippen LogP contribution in [0.5, 0.6) is 0 Å². The number of hydrogen-bond acceptors (Lipinski definition) is 2. The van der Waals surface area contributed by atoms with E-state index in [0.29, 0.717) is 36.0 Å². The number of carbonyl (C=O) groups is 2. The SMILES string of the molecule is O=C(NCC1CCC(C(=O)O)CC1)c1cc(Cl)c(Cl)[nH]1. The molecule has 1 aromatic heterocycles. The number of hydrogen-bond donors (Lipinski definition) is 3. The lowest BCUT2D eigenvalue weighted by Gasteiger charge is -2.26. The number of aliphatic carboxylic acids is 1. The van der Waals surface area contributed by atoms with E-state index in [0.717, 1.165) is 12.8 Å². The predicted octanol–water partition coefficient (Wildman–Crippen LogP) is 2.94. The van der Waals surface area contributed by atoms with Crippen LogP contribution in [0.3, 0.4) is 0 Å². The summed E-state index contributed by atoms with van der Waals surface area (Å²) in [6, 6.07) is 1.49. The van der Waals surface area contributed by atoms with E-state index in [1.165, 1.54) is 6.07 Å². The molecule has 1 saturated carbocycles. The minimum Gasteiger partial charge on any atom is -0.481 e. The average Bonchev–Trinajstić information content (AvgIpc) is 2.76. The monoisotopic (exact) mass is 318 g/mol. The van der Waals surface area contributed by atoms with Crippen molar-refractivity contribution in [3.63, 3.8) is 0 Å². The van der Waals surface area contributed by atoms with Crippen LogP contribution in [-0.4, -0.2) is 28.5 Å². The first kappa shape index (κ1) is 15.2. The molecule has 1 amide bonds. The Hall–Kier alpha value is -1.20. The highest BCUT2D eigenvalue weighted by atomic mass is 35.5. The van der Waals surface area contributed by atoms with Crippen molar-refractivity contribution in [2.75, 3.05) is 6.54 Å². The second-order valence-corrected chi connectivity index (χ2v) is 5.90. The Morgan fingerprint density at radius 1 is 1.30 bits per heavy atom. The second kappa shape index (κ2) is 6.50. The highest BCUT2D eigenvalue weighted by molar-refractivity contribution is 6.41. The summed E-state index contributed by atoms with van der Waals surface area (Å²) in [5.41, 5.74) is 0.333. The lowest BCUT2D eigenvalue weighted by atomic mass is 9.82. The van der Waals surface area contributed by atoms with Crippen molar-refractivity contribution in [3.8, 4) is 0 Å². The number of rotatable bonds is 4. The van der Waals surface area contributed by atoms with Gasteiger partial charge < -0.3 is 15.4 Å². The fraction of sp³-hybridized carbons (Fsp3) is 0.538. The molecule has 1 aromatic rings. The minimum absolute atomic E-state index is 0.233. The fourth-order valence-corrected chi connectivity index (χ4v) is 2.78. The zero-order chi connectivity index (χ0) is 14.7. The van der Waals surface area contributed by atoms with E-state index in [2.05, 4.69) is 10.3 Å². The molecule has 1 heterocycles. The van der Waals surface area contributed by atoms with E-state index in [9.17, 15) is 9.59 Å². The predicted molar refractivity (Wildman–Crippen MR) is 76.2 cm³/mol. The number of nitrogens with one attached hydrogen (secondary N) is 2. The standard InChI is InChI=1S/C13H16Cl2N2O3/c14-9-5-10(17-11(9)15)12(18)16-6-7-1-3-8(4-2-7)13(19)20/h5,7-8,17H,1-4,6H2,(H,16,18)(H,19,20). The summed E-state index contributed by atoms with van der Waals surface area (Å²) in [5, 5.41) is 12.3. The van der Waals surface area contributed by atoms with Gasteiger partial charge in [-0.3, -0.25) is 9.59 Å². The molecular weight excluding hydrogens is 303 g/mol. The molecule has 0 radical (unpaired) electrons. The van der Waals surface area contributed by atoms with Crippen molar-refractivity contribution in [1.82, 2.24) is 10.3 Å². The Kier molecular flexibility index (Phi) is 4.94. The molecule has 0 aliphatic heterocycles. The molecule has 1 aliphatic rings. The summed E-state index contributed by atoms with van der Waals surface area (Å²) in [6.45, 7) is 0.541. The smallest absolute Gasteiger partial charge is 0.306 e. The van der Waals surface area contributed by atoms with Gasteiger partial charge in [0.25, 0.3) is 5.91 Å². The van der Waals surface area contributed by atoms with Gasteiger partial charge in [-0.25, -0.2) is 0 Å². The van der Waals surface area contributed by atoms with Gasteiger partial charge in [0.15, 0.2) is 0 Å². The zero-order valence-electron chi connectivity index (χ0n) is 10.8. The summed E-state index contributed by atoms with van der Waals surface area (Å²) < 4.78 is 0. The molecule has 0 aromatic carbocycles. The van der Waals surface area contributed by atoms with Gasteiger partial charge in [-0.05, 0) is 37.7 Å². The third-order valence-corrected chi connectivity index (χ3v) is 4.41. The van der Waals surface area contributed by atoms with Gasteiger partial charge in [-0.2, -0.15) is 0 Å². The summed E-state index contributed by atoms with van der Waals surface area (Å²) in [7, 11) is 0. The summed E-state index contributed by atoms with van der Waals surface area (Å²) >= 11 is 11.5. The van der Waals surface area contributed by atoms with E-state index in [-0.39, 0.29) is 17.0 Å². The maximum Gasteiger partial charge on any atom is 0.306 e. The summed E-state index contributed by atoms with van der Waals surface area (Å²) in [5.74, 6) is -0.874. The van der Waals surface area contributed by atoms with Crippen molar-refractivity contribution in [2.45, 2.75) is 25.7 Å². The van der Waals surface area contributed by atoms with Crippen LogP contribution in [-0.2, 0) is 4.79 Å². The first-order valence-corrected chi connectivity index (χ1v) is 7.28. The van der Waals surface area contributed by atoms with Crippen LogP contribution >= 0.6 is 23.2 Å². The Balaban J connectivity index is 1.78. The van der Waals surface area contributed by atoms with Crippen LogP contribution in [0.4, 0.5) is 0 Å². The third kappa shape index (κ3) is 3.67. The van der Waals surface area contributed by atoms with Crippen LogP contribution in [0.2, 0.25) is 10.2 Å². The number of aromatic nitrogens is 1. The maximum absolute atomic E-state index is 11.9. The summed E-state index contributed by atoms with van der Waals surface area (Å²) in [6.07, 6.45) is 3.00.